The lowest BCUT2D eigenvalue weighted by Gasteiger charge is -2.17. The normalized spacial score (nSPS) is 14.7. The van der Waals surface area contributed by atoms with Crippen molar-refractivity contribution in [3.05, 3.63) is 10.9 Å². The molecule has 4 nitrogen and oxygen atoms in total. The van der Waals surface area contributed by atoms with Gasteiger partial charge in [-0.1, -0.05) is 0 Å². The number of carbonyl (C=O) groups excluding carboxylic acids is 1. The molecule has 1 aliphatic rings. The molecule has 0 atom stereocenters. The van der Waals surface area contributed by atoms with Gasteiger partial charge >= 0.3 is 0 Å². The van der Waals surface area contributed by atoms with Crippen LogP contribution < -0.4 is 16.0 Å². The molecule has 0 bridgehead atoms. The molecule has 0 aliphatic heterocycles. The second-order valence-corrected chi connectivity index (χ2v) is 5.32. The van der Waals surface area contributed by atoms with Crippen molar-refractivity contribution in [1.82, 2.24) is 5.32 Å². The number of hydrogen-bond acceptors (Lipinski definition) is 4. The van der Waals surface area contributed by atoms with Crippen molar-refractivity contribution in [2.24, 2.45) is 0 Å². The number of nitrogens with one attached hydrogen (secondary N) is 1. The minimum Gasteiger partial charge on any atom is -0.397 e. The van der Waals surface area contributed by atoms with Crippen molar-refractivity contribution in [2.45, 2.75) is 32.7 Å². The van der Waals surface area contributed by atoms with Gasteiger partial charge in [-0.2, -0.15) is 0 Å². The van der Waals surface area contributed by atoms with Crippen molar-refractivity contribution in [3.63, 3.8) is 0 Å². The van der Waals surface area contributed by atoms with Gasteiger partial charge in [-0.05, 0) is 32.8 Å². The highest BCUT2D eigenvalue weighted by Gasteiger charge is 2.26. The zero-order chi connectivity index (χ0) is 12.4. The van der Waals surface area contributed by atoms with Gasteiger partial charge in [0.25, 0.3) is 5.91 Å². The molecule has 1 aromatic rings. The van der Waals surface area contributed by atoms with Crippen LogP contribution in [-0.2, 0) is 0 Å². The molecule has 94 valence electrons. The second kappa shape index (κ2) is 4.96. The maximum Gasteiger partial charge on any atom is 0.263 e. The van der Waals surface area contributed by atoms with E-state index in [1.807, 2.05) is 6.07 Å². The average molecular weight is 253 g/mol. The van der Waals surface area contributed by atoms with E-state index in [1.165, 1.54) is 11.3 Å². The summed E-state index contributed by atoms with van der Waals surface area (Å²) in [4.78, 5) is 14.8. The molecular weight excluding hydrogens is 234 g/mol. The molecule has 3 N–H and O–H groups in total. The Morgan fingerprint density at radius 1 is 1.53 bits per heavy atom. The number of nitrogens with two attached hydrogens (primary N) is 1. The average Bonchev–Trinajstić information content (AvgIpc) is 3.02. The van der Waals surface area contributed by atoms with Crippen LogP contribution in [-0.4, -0.2) is 25.0 Å². The number of amides is 1. The topological polar surface area (TPSA) is 58.4 Å². The van der Waals surface area contributed by atoms with E-state index in [0.717, 1.165) is 30.9 Å². The Hall–Kier alpha value is -1.23. The summed E-state index contributed by atoms with van der Waals surface area (Å²) in [7, 11) is 0. The number of anilines is 2. The molecule has 1 saturated carbocycles. The fourth-order valence-electron chi connectivity index (χ4n) is 1.74. The monoisotopic (exact) mass is 253 g/mol. The third-order valence-electron chi connectivity index (χ3n) is 2.94. The molecule has 1 fully saturated rings. The lowest BCUT2D eigenvalue weighted by molar-refractivity contribution is 0.0956. The van der Waals surface area contributed by atoms with Crippen LogP contribution in [0.4, 0.5) is 10.7 Å². The van der Waals surface area contributed by atoms with Crippen LogP contribution >= 0.6 is 11.3 Å². The van der Waals surface area contributed by atoms with Gasteiger partial charge in [0, 0.05) is 19.1 Å². The summed E-state index contributed by atoms with van der Waals surface area (Å²) in [6, 6.07) is 2.28. The predicted octanol–water partition coefficient (Wildman–Crippen LogP) is 2.07. The summed E-state index contributed by atoms with van der Waals surface area (Å²) in [5.41, 5.74) is 6.50. The number of nitrogen functional groups attached to an aromatic ring is 1. The first kappa shape index (κ1) is 12.2. The lowest BCUT2D eigenvalue weighted by Crippen LogP contribution is -2.25. The van der Waals surface area contributed by atoms with Crippen molar-refractivity contribution < 1.29 is 4.79 Å². The molecule has 1 heterocycles. The highest BCUT2D eigenvalue weighted by molar-refractivity contribution is 7.18. The summed E-state index contributed by atoms with van der Waals surface area (Å²) in [5, 5.41) is 4.05. The number of thiophene rings is 1. The highest BCUT2D eigenvalue weighted by atomic mass is 32.1. The van der Waals surface area contributed by atoms with Gasteiger partial charge in [0.2, 0.25) is 0 Å². The molecule has 1 aromatic heterocycles. The van der Waals surface area contributed by atoms with Crippen LogP contribution in [0.3, 0.4) is 0 Å². The van der Waals surface area contributed by atoms with E-state index in [9.17, 15) is 4.79 Å². The quantitative estimate of drug-likeness (QED) is 0.844. The fourth-order valence-corrected chi connectivity index (χ4v) is 2.85. The van der Waals surface area contributed by atoms with Crippen molar-refractivity contribution >= 4 is 27.9 Å². The minimum atomic E-state index is -0.0200. The van der Waals surface area contributed by atoms with Crippen molar-refractivity contribution in [2.75, 3.05) is 23.7 Å². The molecule has 5 heteroatoms. The molecule has 17 heavy (non-hydrogen) atoms. The standard InChI is InChI=1S/C12H19N3OS/c1-3-15(4-2)10-7-9(13)11(17-10)12(16)14-8-5-6-8/h7-8H,3-6,13H2,1-2H3,(H,14,16). The molecule has 0 unspecified atom stereocenters. The lowest BCUT2D eigenvalue weighted by atomic mass is 10.3. The molecule has 1 aliphatic carbocycles. The summed E-state index contributed by atoms with van der Waals surface area (Å²) in [5.74, 6) is -0.0200. The predicted molar refractivity (Wildman–Crippen MR) is 72.8 cm³/mol. The minimum absolute atomic E-state index is 0.0200. The summed E-state index contributed by atoms with van der Waals surface area (Å²) in [6.07, 6.45) is 2.19. The number of nitrogens with zero attached hydrogens (tertiary/aromatic N) is 1. The third-order valence-corrected chi connectivity index (χ3v) is 4.15. The van der Waals surface area contributed by atoms with Crippen molar-refractivity contribution in [1.29, 1.82) is 0 Å². The summed E-state index contributed by atoms with van der Waals surface area (Å²) >= 11 is 1.48. The first-order valence-corrected chi connectivity index (χ1v) is 6.92. The van der Waals surface area contributed by atoms with Gasteiger partial charge in [-0.3, -0.25) is 4.79 Å². The Morgan fingerprint density at radius 2 is 2.18 bits per heavy atom. The third kappa shape index (κ3) is 2.72. The maximum atomic E-state index is 11.9. The van der Waals surface area contributed by atoms with E-state index < -0.39 is 0 Å². The summed E-state index contributed by atoms with van der Waals surface area (Å²) in [6.45, 7) is 6.06. The van der Waals surface area contributed by atoms with Gasteiger partial charge in [-0.15, -0.1) is 11.3 Å². The summed E-state index contributed by atoms with van der Waals surface area (Å²) < 4.78 is 0. The van der Waals surface area contributed by atoms with Crippen LogP contribution in [0.25, 0.3) is 0 Å². The first-order chi connectivity index (χ1) is 8.15. The van der Waals surface area contributed by atoms with E-state index in [4.69, 9.17) is 5.73 Å². The van der Waals surface area contributed by atoms with Gasteiger partial charge < -0.3 is 16.0 Å². The number of carbonyl (C=O) groups is 1. The van der Waals surface area contributed by atoms with Crippen molar-refractivity contribution in [3.8, 4) is 0 Å². The van der Waals surface area contributed by atoms with Gasteiger partial charge in [0.05, 0.1) is 10.7 Å². The van der Waals surface area contributed by atoms with E-state index >= 15 is 0 Å². The number of rotatable bonds is 5. The Bertz CT molecular complexity index is 408. The molecule has 0 aromatic carbocycles. The molecule has 0 radical (unpaired) electrons. The Morgan fingerprint density at radius 3 is 2.71 bits per heavy atom. The zero-order valence-electron chi connectivity index (χ0n) is 10.3. The van der Waals surface area contributed by atoms with Gasteiger partial charge in [0.1, 0.15) is 4.88 Å². The van der Waals surface area contributed by atoms with Crippen LogP contribution in [0.1, 0.15) is 36.4 Å². The highest BCUT2D eigenvalue weighted by Crippen LogP contribution is 2.32. The Balaban J connectivity index is 2.14. The van der Waals surface area contributed by atoms with Crippen LogP contribution in [0.15, 0.2) is 6.07 Å². The van der Waals surface area contributed by atoms with E-state index in [-0.39, 0.29) is 5.91 Å². The van der Waals surface area contributed by atoms with Crippen LogP contribution in [0, 0.1) is 0 Å². The molecule has 0 saturated heterocycles. The fraction of sp³-hybridized carbons (Fsp3) is 0.583. The van der Waals surface area contributed by atoms with Gasteiger partial charge in [-0.25, -0.2) is 0 Å². The Kier molecular flexibility index (Phi) is 3.57. The number of hydrogen-bond donors (Lipinski definition) is 2. The zero-order valence-corrected chi connectivity index (χ0v) is 11.1. The molecule has 2 rings (SSSR count). The molecular formula is C12H19N3OS. The Labute approximate surface area is 106 Å². The first-order valence-electron chi connectivity index (χ1n) is 6.10. The SMILES string of the molecule is CCN(CC)c1cc(N)c(C(=O)NC2CC2)s1. The molecule has 0 spiro atoms. The van der Waals surface area contributed by atoms with Crippen LogP contribution in [0.2, 0.25) is 0 Å². The van der Waals surface area contributed by atoms with Gasteiger partial charge in [0.15, 0.2) is 0 Å². The van der Waals surface area contributed by atoms with E-state index in [0.29, 0.717) is 16.6 Å². The second-order valence-electron chi connectivity index (χ2n) is 4.29. The molecule has 1 amide bonds. The van der Waals surface area contributed by atoms with E-state index in [1.54, 1.807) is 0 Å². The maximum absolute atomic E-state index is 11.9. The smallest absolute Gasteiger partial charge is 0.263 e. The van der Waals surface area contributed by atoms with E-state index in [2.05, 4.69) is 24.1 Å². The van der Waals surface area contributed by atoms with Crippen LogP contribution in [0.5, 0.6) is 0 Å². The largest absolute Gasteiger partial charge is 0.397 e.